The van der Waals surface area contributed by atoms with Crippen molar-refractivity contribution in [2.75, 3.05) is 5.32 Å². The fourth-order valence-corrected chi connectivity index (χ4v) is 3.26. The summed E-state index contributed by atoms with van der Waals surface area (Å²) in [5.41, 5.74) is 1.29. The number of thiazole rings is 1. The maximum Gasteiger partial charge on any atom is 0.230 e. The van der Waals surface area contributed by atoms with Crippen molar-refractivity contribution in [1.29, 1.82) is 0 Å². The second-order valence-corrected chi connectivity index (χ2v) is 6.46. The highest BCUT2D eigenvalue weighted by molar-refractivity contribution is 7.13. The zero-order valence-corrected chi connectivity index (χ0v) is 14.7. The molecule has 4 heterocycles. The summed E-state index contributed by atoms with van der Waals surface area (Å²) in [7, 11) is 0. The maximum atomic E-state index is 12.4. The molecular weight excluding hydrogens is 350 g/mol. The van der Waals surface area contributed by atoms with Gasteiger partial charge in [-0.2, -0.15) is 5.10 Å². The molecule has 0 aliphatic rings. The highest BCUT2D eigenvalue weighted by Crippen LogP contribution is 2.26. The summed E-state index contributed by atoms with van der Waals surface area (Å²) >= 11 is 1.45. The van der Waals surface area contributed by atoms with Gasteiger partial charge in [0.2, 0.25) is 5.91 Å². The zero-order chi connectivity index (χ0) is 17.9. The number of rotatable bonds is 5. The highest BCUT2D eigenvalue weighted by Gasteiger charge is 2.13. The van der Waals surface area contributed by atoms with Crippen LogP contribution < -0.4 is 5.32 Å². The second kappa shape index (κ2) is 6.93. The summed E-state index contributed by atoms with van der Waals surface area (Å²) in [6.45, 7) is 1.89. The molecule has 4 aromatic rings. The molecule has 8 heteroatoms. The van der Waals surface area contributed by atoms with Crippen LogP contribution in [0.5, 0.6) is 0 Å². The van der Waals surface area contributed by atoms with Gasteiger partial charge < -0.3 is 9.73 Å². The molecule has 130 valence electrons. The van der Waals surface area contributed by atoms with Gasteiger partial charge in [0, 0.05) is 24.0 Å². The van der Waals surface area contributed by atoms with Crippen molar-refractivity contribution in [3.8, 4) is 16.6 Å². The first-order valence-electron chi connectivity index (χ1n) is 7.95. The van der Waals surface area contributed by atoms with Gasteiger partial charge in [-0.3, -0.25) is 4.79 Å². The number of amides is 1. The number of hydrogen-bond acceptors (Lipinski definition) is 6. The summed E-state index contributed by atoms with van der Waals surface area (Å²) in [6.07, 6.45) is 5.26. The van der Waals surface area contributed by atoms with Crippen molar-refractivity contribution in [2.45, 2.75) is 13.3 Å². The number of furan rings is 1. The molecule has 0 saturated heterocycles. The summed E-state index contributed by atoms with van der Waals surface area (Å²) in [5, 5.41) is 9.67. The number of hydrogen-bond donors (Lipinski definition) is 1. The van der Waals surface area contributed by atoms with E-state index in [0.717, 1.165) is 10.8 Å². The molecule has 26 heavy (non-hydrogen) atoms. The van der Waals surface area contributed by atoms with Crippen LogP contribution in [0.4, 0.5) is 5.69 Å². The molecule has 0 aliphatic carbocycles. The van der Waals surface area contributed by atoms with Gasteiger partial charge in [0.15, 0.2) is 16.6 Å². The van der Waals surface area contributed by atoms with E-state index >= 15 is 0 Å². The minimum absolute atomic E-state index is 0.168. The normalized spacial score (nSPS) is 10.8. The van der Waals surface area contributed by atoms with Crippen LogP contribution in [0.3, 0.4) is 0 Å². The van der Waals surface area contributed by atoms with Crippen molar-refractivity contribution in [2.24, 2.45) is 0 Å². The number of nitrogens with zero attached hydrogens (tertiary/aromatic N) is 4. The third kappa shape index (κ3) is 3.40. The Morgan fingerprint density at radius 3 is 2.96 bits per heavy atom. The summed E-state index contributed by atoms with van der Waals surface area (Å²) in [4.78, 5) is 21.2. The van der Waals surface area contributed by atoms with E-state index in [1.165, 1.54) is 11.3 Å². The topological polar surface area (TPSA) is 85.8 Å². The Balaban J connectivity index is 1.48. The molecule has 1 amide bonds. The van der Waals surface area contributed by atoms with E-state index < -0.39 is 0 Å². The van der Waals surface area contributed by atoms with Gasteiger partial charge in [-0.05, 0) is 37.3 Å². The average Bonchev–Trinajstić information content (AvgIpc) is 3.36. The van der Waals surface area contributed by atoms with Crippen LogP contribution in [-0.4, -0.2) is 25.7 Å². The molecule has 0 unspecified atom stereocenters. The summed E-state index contributed by atoms with van der Waals surface area (Å²) in [5.74, 6) is 1.94. The quantitative estimate of drug-likeness (QED) is 0.585. The Morgan fingerprint density at radius 1 is 1.27 bits per heavy atom. The van der Waals surface area contributed by atoms with Crippen LogP contribution in [0.25, 0.3) is 16.6 Å². The first-order chi connectivity index (χ1) is 12.7. The predicted molar refractivity (Wildman–Crippen MR) is 98.2 cm³/mol. The van der Waals surface area contributed by atoms with Gasteiger partial charge in [-0.25, -0.2) is 14.6 Å². The van der Waals surface area contributed by atoms with Crippen LogP contribution in [0, 0.1) is 6.92 Å². The Kier molecular flexibility index (Phi) is 4.32. The largest absolute Gasteiger partial charge is 0.459 e. The minimum atomic E-state index is -0.168. The molecular formula is C18H15N5O2S. The van der Waals surface area contributed by atoms with Crippen molar-refractivity contribution >= 4 is 22.9 Å². The SMILES string of the molecule is Cc1ccc(-c2nc(CC(=O)Nc3cccnc3-n3cccn3)cs2)o1. The molecule has 0 radical (unpaired) electrons. The molecule has 0 fully saturated rings. The predicted octanol–water partition coefficient (Wildman–Crippen LogP) is 3.47. The van der Waals surface area contributed by atoms with Crippen LogP contribution in [0.1, 0.15) is 11.5 Å². The number of pyridine rings is 1. The smallest absolute Gasteiger partial charge is 0.230 e. The highest BCUT2D eigenvalue weighted by atomic mass is 32.1. The fraction of sp³-hybridized carbons (Fsp3) is 0.111. The Morgan fingerprint density at radius 2 is 2.19 bits per heavy atom. The van der Waals surface area contributed by atoms with Crippen molar-refractivity contribution in [3.05, 3.63) is 65.8 Å². The molecule has 4 rings (SSSR count). The lowest BCUT2D eigenvalue weighted by molar-refractivity contribution is -0.115. The van der Waals surface area contributed by atoms with Gasteiger partial charge in [-0.15, -0.1) is 11.3 Å². The average molecular weight is 365 g/mol. The number of aryl methyl sites for hydroxylation is 1. The third-order valence-corrected chi connectivity index (χ3v) is 4.53. The first kappa shape index (κ1) is 16.2. The van der Waals surface area contributed by atoms with E-state index in [1.807, 2.05) is 24.4 Å². The molecule has 0 aromatic carbocycles. The number of carbonyl (C=O) groups excluding carboxylic acids is 1. The molecule has 7 nitrogen and oxygen atoms in total. The second-order valence-electron chi connectivity index (χ2n) is 5.60. The van der Waals surface area contributed by atoms with Gasteiger partial charge in [0.05, 0.1) is 17.8 Å². The number of nitrogens with one attached hydrogen (secondary N) is 1. The summed E-state index contributed by atoms with van der Waals surface area (Å²) in [6, 6.07) is 9.13. The minimum Gasteiger partial charge on any atom is -0.459 e. The van der Waals surface area contributed by atoms with Crippen LogP contribution in [0.15, 0.2) is 58.7 Å². The zero-order valence-electron chi connectivity index (χ0n) is 13.9. The molecule has 0 atom stereocenters. The first-order valence-corrected chi connectivity index (χ1v) is 8.83. The van der Waals surface area contributed by atoms with Crippen LogP contribution in [-0.2, 0) is 11.2 Å². The summed E-state index contributed by atoms with van der Waals surface area (Å²) < 4.78 is 7.18. The van der Waals surface area contributed by atoms with E-state index in [-0.39, 0.29) is 12.3 Å². The fourth-order valence-electron chi connectivity index (χ4n) is 2.48. The number of carbonyl (C=O) groups is 1. The van der Waals surface area contributed by atoms with Gasteiger partial charge in [0.1, 0.15) is 5.76 Å². The monoisotopic (exact) mass is 365 g/mol. The van der Waals surface area contributed by atoms with Crippen molar-refractivity contribution in [3.63, 3.8) is 0 Å². The van der Waals surface area contributed by atoms with E-state index in [1.54, 1.807) is 41.5 Å². The van der Waals surface area contributed by atoms with Gasteiger partial charge in [-0.1, -0.05) is 0 Å². The lowest BCUT2D eigenvalue weighted by Crippen LogP contribution is -2.16. The maximum absolute atomic E-state index is 12.4. The Bertz CT molecular complexity index is 1040. The van der Waals surface area contributed by atoms with E-state index in [9.17, 15) is 4.79 Å². The van der Waals surface area contributed by atoms with Gasteiger partial charge >= 0.3 is 0 Å². The van der Waals surface area contributed by atoms with Crippen molar-refractivity contribution in [1.82, 2.24) is 19.7 Å². The molecule has 0 saturated carbocycles. The van der Waals surface area contributed by atoms with Crippen LogP contribution in [0.2, 0.25) is 0 Å². The van der Waals surface area contributed by atoms with E-state index in [4.69, 9.17) is 4.42 Å². The molecule has 0 spiro atoms. The standard InChI is InChI=1S/C18H15N5O2S/c1-12-5-6-15(25-12)18-21-13(11-26-18)10-16(24)22-14-4-2-7-19-17(14)23-9-3-8-20-23/h2-9,11H,10H2,1H3,(H,22,24). The van der Waals surface area contributed by atoms with E-state index in [2.05, 4.69) is 20.4 Å². The Labute approximate surface area is 153 Å². The number of aromatic nitrogens is 4. The lowest BCUT2D eigenvalue weighted by atomic mass is 10.3. The lowest BCUT2D eigenvalue weighted by Gasteiger charge is -2.09. The van der Waals surface area contributed by atoms with Crippen molar-refractivity contribution < 1.29 is 9.21 Å². The Hall–Kier alpha value is -3.26. The molecule has 4 aromatic heterocycles. The molecule has 0 bridgehead atoms. The molecule has 1 N–H and O–H groups in total. The number of anilines is 1. The van der Waals surface area contributed by atoms with Crippen LogP contribution >= 0.6 is 11.3 Å². The van der Waals surface area contributed by atoms with Gasteiger partial charge in [0.25, 0.3) is 0 Å². The van der Waals surface area contributed by atoms with E-state index in [0.29, 0.717) is 23.0 Å². The molecule has 0 aliphatic heterocycles. The third-order valence-electron chi connectivity index (χ3n) is 3.63.